The smallest absolute Gasteiger partial charge is 0.416 e. The van der Waals surface area contributed by atoms with Gasteiger partial charge in [-0.15, -0.1) is 13.2 Å². The zero-order chi connectivity index (χ0) is 41.2. The minimum Gasteiger partial charge on any atom is -0.493 e. The quantitative estimate of drug-likeness (QED) is 0.0502. The Kier molecular flexibility index (Phi) is 15.7. The SMILES string of the molecule is C=CCCCOc1cc(C)cc(C)c1-c1cc(C2CC2)c(F)c([C@H](CC(=O)OCC)NC(=O)[C@H](CC=C)n2cc(CCN(CC)CC)c(C(F)(F)F)cc2=O)c1. The Balaban J connectivity index is 1.84. The van der Waals surface area contributed by atoms with E-state index in [0.29, 0.717) is 49.2 Å². The van der Waals surface area contributed by atoms with Crippen LogP contribution in [0.4, 0.5) is 17.6 Å². The lowest BCUT2D eigenvalue weighted by molar-refractivity contribution is -0.144. The molecule has 1 amide bonds. The molecular formula is C44H55F4N3O5. The number of nitrogens with one attached hydrogen (secondary N) is 1. The average Bonchev–Trinajstić information content (AvgIpc) is 3.98. The van der Waals surface area contributed by atoms with Crippen molar-refractivity contribution in [3.63, 3.8) is 0 Å². The number of allylic oxidation sites excluding steroid dienone is 2. The molecule has 1 aliphatic carbocycles. The van der Waals surface area contributed by atoms with E-state index in [1.807, 2.05) is 50.8 Å². The molecule has 1 fully saturated rings. The summed E-state index contributed by atoms with van der Waals surface area (Å²) in [5.41, 5.74) is 1.50. The summed E-state index contributed by atoms with van der Waals surface area (Å²) < 4.78 is 71.9. The molecule has 0 bridgehead atoms. The predicted octanol–water partition coefficient (Wildman–Crippen LogP) is 9.32. The van der Waals surface area contributed by atoms with Crippen LogP contribution in [0, 0.1) is 19.7 Å². The number of ether oxygens (including phenoxy) is 2. The molecule has 1 N–H and O–H groups in total. The standard InChI is InChI=1S/C44H55F4N3O5/c1-8-13-14-20-56-38-22-28(6)21-29(7)41(38)32-23-33(30-16-17-30)42(45)34(24-32)36(26-40(53)55-12-5)49-43(54)37(15-9-2)51-27-31(18-19-50(10-3)11-4)35(25-39(51)52)44(46,47)48/h8-9,21-25,27,30,36-37H,1-2,10-20,26H2,3-7H3,(H,49,54)/t36-,37-/m0/s1. The van der Waals surface area contributed by atoms with Gasteiger partial charge in [0.1, 0.15) is 17.6 Å². The van der Waals surface area contributed by atoms with Crippen molar-refractivity contribution in [2.24, 2.45) is 0 Å². The fraction of sp³-hybridized carbons (Fsp3) is 0.477. The lowest BCUT2D eigenvalue weighted by Crippen LogP contribution is -2.40. The molecule has 8 nitrogen and oxygen atoms in total. The first kappa shape index (κ1) is 44.0. The summed E-state index contributed by atoms with van der Waals surface area (Å²) in [5.74, 6) is -1.52. The number of benzene rings is 2. The van der Waals surface area contributed by atoms with Gasteiger partial charge in [0.15, 0.2) is 0 Å². The fourth-order valence-corrected chi connectivity index (χ4v) is 7.10. The first-order valence-corrected chi connectivity index (χ1v) is 19.5. The van der Waals surface area contributed by atoms with Gasteiger partial charge in [0.05, 0.1) is 31.2 Å². The molecule has 3 aromatic rings. The highest BCUT2D eigenvalue weighted by Gasteiger charge is 2.36. The second-order valence-electron chi connectivity index (χ2n) is 14.3. The molecule has 1 heterocycles. The van der Waals surface area contributed by atoms with E-state index in [1.54, 1.807) is 19.1 Å². The number of amides is 1. The van der Waals surface area contributed by atoms with Crippen molar-refractivity contribution in [1.29, 1.82) is 0 Å². The number of hydrogen-bond donors (Lipinski definition) is 1. The topological polar surface area (TPSA) is 89.9 Å². The summed E-state index contributed by atoms with van der Waals surface area (Å²) in [5, 5.41) is 2.80. The van der Waals surface area contributed by atoms with Crippen LogP contribution >= 0.6 is 0 Å². The molecule has 4 rings (SSSR count). The number of carbonyl (C=O) groups is 2. The summed E-state index contributed by atoms with van der Waals surface area (Å²) >= 11 is 0. The van der Waals surface area contributed by atoms with Crippen LogP contribution in [0.15, 0.2) is 66.6 Å². The van der Waals surface area contributed by atoms with E-state index in [-0.39, 0.29) is 36.5 Å². The maximum Gasteiger partial charge on any atom is 0.416 e. The van der Waals surface area contributed by atoms with Crippen LogP contribution in [0.25, 0.3) is 11.1 Å². The summed E-state index contributed by atoms with van der Waals surface area (Å²) in [6.07, 6.45) is 1.93. The van der Waals surface area contributed by atoms with Crippen molar-refractivity contribution in [1.82, 2.24) is 14.8 Å². The van der Waals surface area contributed by atoms with Crippen LogP contribution in [-0.4, -0.2) is 54.2 Å². The number of hydrogen-bond acceptors (Lipinski definition) is 6. The van der Waals surface area contributed by atoms with Crippen LogP contribution in [0.1, 0.15) is 111 Å². The van der Waals surface area contributed by atoms with E-state index in [9.17, 15) is 27.6 Å². The number of aryl methyl sites for hydroxylation is 2. The summed E-state index contributed by atoms with van der Waals surface area (Å²) in [6.45, 7) is 18.8. The normalized spacial score (nSPS) is 14.0. The zero-order valence-electron chi connectivity index (χ0n) is 33.2. The van der Waals surface area contributed by atoms with Gasteiger partial charge < -0.3 is 24.3 Å². The molecule has 0 radical (unpaired) electrons. The number of alkyl halides is 3. The van der Waals surface area contributed by atoms with E-state index < -0.39 is 53.5 Å². The second-order valence-corrected chi connectivity index (χ2v) is 14.3. The van der Waals surface area contributed by atoms with Gasteiger partial charge in [0.2, 0.25) is 5.91 Å². The van der Waals surface area contributed by atoms with Gasteiger partial charge in [-0.05, 0) is 124 Å². The van der Waals surface area contributed by atoms with Crippen LogP contribution < -0.4 is 15.6 Å². The number of halogens is 4. The Bertz CT molecular complexity index is 1930. The van der Waals surface area contributed by atoms with Crippen molar-refractivity contribution in [2.75, 3.05) is 32.8 Å². The largest absolute Gasteiger partial charge is 0.493 e. The molecular weight excluding hydrogens is 726 g/mol. The van der Waals surface area contributed by atoms with Gasteiger partial charge in [-0.3, -0.25) is 14.4 Å². The number of pyridine rings is 1. The van der Waals surface area contributed by atoms with Crippen LogP contribution in [-0.2, 0) is 26.9 Å². The van der Waals surface area contributed by atoms with E-state index >= 15 is 4.39 Å². The van der Waals surface area contributed by atoms with E-state index in [2.05, 4.69) is 18.5 Å². The first-order chi connectivity index (χ1) is 26.7. The zero-order valence-corrected chi connectivity index (χ0v) is 33.2. The molecule has 0 spiro atoms. The van der Waals surface area contributed by atoms with Crippen molar-refractivity contribution < 1.29 is 36.6 Å². The number of carbonyl (C=O) groups excluding carboxylic acids is 2. The molecule has 2 atom stereocenters. The third kappa shape index (κ3) is 11.2. The van der Waals surface area contributed by atoms with Gasteiger partial charge in [-0.1, -0.05) is 32.1 Å². The number of unbranched alkanes of at least 4 members (excludes halogenated alkanes) is 1. The number of nitrogens with zero attached hydrogens (tertiary/aromatic N) is 2. The van der Waals surface area contributed by atoms with E-state index in [0.717, 1.165) is 53.1 Å². The van der Waals surface area contributed by atoms with Crippen LogP contribution in [0.5, 0.6) is 5.75 Å². The van der Waals surface area contributed by atoms with Gasteiger partial charge in [-0.2, -0.15) is 13.2 Å². The third-order valence-electron chi connectivity index (χ3n) is 10.1. The molecule has 0 saturated heterocycles. The highest BCUT2D eigenvalue weighted by Crippen LogP contribution is 2.46. The predicted molar refractivity (Wildman–Crippen MR) is 211 cm³/mol. The number of aromatic nitrogens is 1. The molecule has 1 aliphatic rings. The van der Waals surface area contributed by atoms with Crippen molar-refractivity contribution >= 4 is 11.9 Å². The van der Waals surface area contributed by atoms with Gasteiger partial charge >= 0.3 is 12.1 Å². The highest BCUT2D eigenvalue weighted by molar-refractivity contribution is 5.82. The molecule has 0 aliphatic heterocycles. The maximum absolute atomic E-state index is 16.8. The molecule has 1 saturated carbocycles. The van der Waals surface area contributed by atoms with Gasteiger partial charge in [0, 0.05) is 29.9 Å². The molecule has 1 aromatic heterocycles. The van der Waals surface area contributed by atoms with Gasteiger partial charge in [-0.25, -0.2) is 4.39 Å². The Hall–Kier alpha value is -4.71. The second kappa shape index (κ2) is 19.9. The average molecular weight is 782 g/mol. The summed E-state index contributed by atoms with van der Waals surface area (Å²) in [4.78, 5) is 42.8. The van der Waals surface area contributed by atoms with Gasteiger partial charge in [0.25, 0.3) is 5.56 Å². The molecule has 56 heavy (non-hydrogen) atoms. The molecule has 2 aromatic carbocycles. The monoisotopic (exact) mass is 781 g/mol. The Morgan fingerprint density at radius 3 is 2.38 bits per heavy atom. The number of rotatable bonds is 21. The Morgan fingerprint density at radius 2 is 1.77 bits per heavy atom. The Labute approximate surface area is 327 Å². The first-order valence-electron chi connectivity index (χ1n) is 19.5. The van der Waals surface area contributed by atoms with E-state index in [1.165, 1.54) is 6.08 Å². The minimum atomic E-state index is -4.80. The lowest BCUT2D eigenvalue weighted by atomic mass is 9.90. The highest BCUT2D eigenvalue weighted by atomic mass is 19.4. The molecule has 12 heteroatoms. The van der Waals surface area contributed by atoms with Crippen LogP contribution in [0.2, 0.25) is 0 Å². The fourth-order valence-electron chi connectivity index (χ4n) is 7.10. The van der Waals surface area contributed by atoms with Crippen molar-refractivity contribution in [2.45, 2.75) is 104 Å². The third-order valence-corrected chi connectivity index (χ3v) is 10.1. The van der Waals surface area contributed by atoms with Crippen molar-refractivity contribution in [3.8, 4) is 16.9 Å². The molecule has 0 unspecified atom stereocenters. The summed E-state index contributed by atoms with van der Waals surface area (Å²) in [6, 6.07) is 5.23. The Morgan fingerprint density at radius 1 is 1.05 bits per heavy atom. The number of likely N-dealkylation sites (N-methyl/N-ethyl adjacent to an activating group) is 1. The lowest BCUT2D eigenvalue weighted by Gasteiger charge is -2.26. The maximum atomic E-state index is 16.8. The van der Waals surface area contributed by atoms with E-state index in [4.69, 9.17) is 9.47 Å². The number of esters is 1. The minimum absolute atomic E-state index is 0.0228. The van der Waals surface area contributed by atoms with Crippen LogP contribution in [0.3, 0.4) is 0 Å². The van der Waals surface area contributed by atoms with Crippen molar-refractivity contribution in [3.05, 3.63) is 111 Å². The summed E-state index contributed by atoms with van der Waals surface area (Å²) in [7, 11) is 0. The molecule has 304 valence electrons.